The molecule has 2 bridgehead atoms. The Hall–Kier alpha value is 0.130. The fraction of sp³-hybridized carbons (Fsp3) is 0.889. The molecule has 16 heavy (non-hydrogen) atoms. The van der Waals surface area contributed by atoms with Crippen LogP contribution in [0.1, 0.15) is 13.8 Å². The highest BCUT2D eigenvalue weighted by Crippen LogP contribution is 2.60. The topological polar surface area (TPSA) is 61.8 Å². The number of hydrogen-bond donors (Lipinski definition) is 0. The molecule has 3 aliphatic rings. The molecular formula is C9H15O5PS. The monoisotopic (exact) mass is 266 g/mol. The SMILES string of the molecule is CC(C)CSC(=O)C12COP(=O)(OC1)OC2. The van der Waals surface area contributed by atoms with Gasteiger partial charge in [-0.2, -0.15) is 0 Å². The Kier molecular flexibility index (Phi) is 3.48. The van der Waals surface area contributed by atoms with Crippen LogP contribution < -0.4 is 0 Å². The summed E-state index contributed by atoms with van der Waals surface area (Å²) in [5.74, 6) is 1.21. The smallest absolute Gasteiger partial charge is 0.286 e. The highest BCUT2D eigenvalue weighted by Gasteiger charge is 2.54. The lowest BCUT2D eigenvalue weighted by Gasteiger charge is -2.42. The molecule has 0 atom stereocenters. The molecule has 5 nitrogen and oxygen atoms in total. The Morgan fingerprint density at radius 3 is 2.25 bits per heavy atom. The average molecular weight is 266 g/mol. The first-order chi connectivity index (χ1) is 7.46. The third kappa shape index (κ3) is 2.36. The standard InChI is InChI=1S/C9H15O5PS/c1-7(2)3-16-8(10)9-4-12-15(11,13-5-9)14-6-9/h7H,3-6H2,1-2H3. The molecule has 3 heterocycles. The summed E-state index contributed by atoms with van der Waals surface area (Å²) < 4.78 is 26.4. The van der Waals surface area contributed by atoms with Crippen molar-refractivity contribution < 1.29 is 22.9 Å². The molecule has 3 rings (SSSR count). The quantitative estimate of drug-likeness (QED) is 0.729. The summed E-state index contributed by atoms with van der Waals surface area (Å²) in [7, 11) is -3.31. The van der Waals surface area contributed by atoms with Crippen molar-refractivity contribution in [1.82, 2.24) is 0 Å². The van der Waals surface area contributed by atoms with Crippen LogP contribution in [0.15, 0.2) is 0 Å². The zero-order chi connectivity index (χ0) is 11.8. The summed E-state index contributed by atoms with van der Waals surface area (Å²) in [4.78, 5) is 12.0. The molecular weight excluding hydrogens is 251 g/mol. The Balaban J connectivity index is 1.98. The molecule has 0 N–H and O–H groups in total. The maximum atomic E-state index is 12.0. The lowest BCUT2D eigenvalue weighted by molar-refractivity contribution is -0.140. The van der Waals surface area contributed by atoms with Crippen LogP contribution in [0.25, 0.3) is 0 Å². The third-order valence-electron chi connectivity index (χ3n) is 2.48. The van der Waals surface area contributed by atoms with Gasteiger partial charge in [0.15, 0.2) is 0 Å². The molecule has 0 aromatic carbocycles. The number of carbonyl (C=O) groups is 1. The summed E-state index contributed by atoms with van der Waals surface area (Å²) in [5.41, 5.74) is -0.758. The number of thioether (sulfide) groups is 1. The van der Waals surface area contributed by atoms with Gasteiger partial charge in [0.1, 0.15) is 5.41 Å². The molecule has 0 aromatic heterocycles. The first-order valence-corrected chi connectivity index (χ1v) is 7.61. The van der Waals surface area contributed by atoms with Crippen LogP contribution in [-0.2, 0) is 22.9 Å². The second kappa shape index (κ2) is 4.42. The Morgan fingerprint density at radius 1 is 1.31 bits per heavy atom. The minimum Gasteiger partial charge on any atom is -0.286 e. The molecule has 92 valence electrons. The van der Waals surface area contributed by atoms with E-state index in [2.05, 4.69) is 13.8 Å². The van der Waals surface area contributed by atoms with Crippen molar-refractivity contribution in [2.24, 2.45) is 11.3 Å². The van der Waals surface area contributed by atoms with Crippen LogP contribution in [0.5, 0.6) is 0 Å². The molecule has 0 saturated carbocycles. The second-order valence-corrected chi connectivity index (χ2v) is 7.20. The van der Waals surface area contributed by atoms with Gasteiger partial charge in [-0.15, -0.1) is 0 Å². The third-order valence-corrected chi connectivity index (χ3v) is 5.34. The predicted octanol–water partition coefficient (Wildman–Crippen LogP) is 2.07. The van der Waals surface area contributed by atoms with Gasteiger partial charge in [0.05, 0.1) is 19.8 Å². The zero-order valence-corrected chi connectivity index (χ0v) is 11.0. The minimum atomic E-state index is -3.31. The van der Waals surface area contributed by atoms with Crippen LogP contribution in [0, 0.1) is 11.3 Å². The minimum absolute atomic E-state index is 0.00662. The maximum Gasteiger partial charge on any atom is 0.474 e. The van der Waals surface area contributed by atoms with E-state index in [1.54, 1.807) is 0 Å². The zero-order valence-electron chi connectivity index (χ0n) is 9.30. The number of rotatable bonds is 3. The Bertz CT molecular complexity index is 312. The van der Waals surface area contributed by atoms with Gasteiger partial charge in [-0.25, -0.2) is 4.57 Å². The van der Waals surface area contributed by atoms with Gasteiger partial charge in [0, 0.05) is 5.75 Å². The molecule has 3 fully saturated rings. The summed E-state index contributed by atoms with van der Waals surface area (Å²) in [5, 5.41) is 0.00662. The predicted molar refractivity (Wildman–Crippen MR) is 60.2 cm³/mol. The fourth-order valence-corrected chi connectivity index (χ4v) is 3.82. The van der Waals surface area contributed by atoms with E-state index in [1.807, 2.05) is 0 Å². The summed E-state index contributed by atoms with van der Waals surface area (Å²) >= 11 is 1.27. The number of phosphoric ester groups is 1. The normalized spacial score (nSPS) is 37.9. The van der Waals surface area contributed by atoms with Crippen LogP contribution in [0.4, 0.5) is 0 Å². The average Bonchev–Trinajstić information content (AvgIpc) is 2.27. The number of hydrogen-bond acceptors (Lipinski definition) is 6. The van der Waals surface area contributed by atoms with Gasteiger partial charge >= 0.3 is 7.82 Å². The molecule has 3 aliphatic heterocycles. The van der Waals surface area contributed by atoms with Crippen molar-refractivity contribution in [3.05, 3.63) is 0 Å². The van der Waals surface area contributed by atoms with E-state index in [1.165, 1.54) is 11.8 Å². The van der Waals surface area contributed by atoms with Gasteiger partial charge in [-0.1, -0.05) is 25.6 Å². The van der Waals surface area contributed by atoms with Crippen molar-refractivity contribution in [1.29, 1.82) is 0 Å². The van der Waals surface area contributed by atoms with Gasteiger partial charge in [0.2, 0.25) is 5.12 Å². The van der Waals surface area contributed by atoms with Gasteiger partial charge in [-0.05, 0) is 5.92 Å². The first kappa shape index (κ1) is 12.6. The molecule has 7 heteroatoms. The van der Waals surface area contributed by atoms with Gasteiger partial charge in [-0.3, -0.25) is 18.4 Å². The van der Waals surface area contributed by atoms with E-state index < -0.39 is 13.2 Å². The van der Waals surface area contributed by atoms with Crippen LogP contribution >= 0.6 is 19.6 Å². The van der Waals surface area contributed by atoms with E-state index in [-0.39, 0.29) is 24.9 Å². The van der Waals surface area contributed by atoms with Crippen LogP contribution in [0.3, 0.4) is 0 Å². The molecule has 0 aromatic rings. The van der Waals surface area contributed by atoms with Crippen molar-refractivity contribution in [3.8, 4) is 0 Å². The highest BCUT2D eigenvalue weighted by atomic mass is 32.2. The summed E-state index contributed by atoms with van der Waals surface area (Å²) in [6.45, 7) is 4.55. The van der Waals surface area contributed by atoms with E-state index in [0.717, 1.165) is 5.75 Å². The number of carbonyl (C=O) groups excluding carboxylic acids is 1. The van der Waals surface area contributed by atoms with Crippen molar-refractivity contribution in [3.63, 3.8) is 0 Å². The van der Waals surface area contributed by atoms with E-state index in [0.29, 0.717) is 5.92 Å². The lowest BCUT2D eigenvalue weighted by Crippen LogP contribution is -2.49. The van der Waals surface area contributed by atoms with Crippen LogP contribution in [-0.4, -0.2) is 30.7 Å². The Morgan fingerprint density at radius 2 is 1.81 bits per heavy atom. The van der Waals surface area contributed by atoms with Gasteiger partial charge in [0.25, 0.3) is 0 Å². The van der Waals surface area contributed by atoms with E-state index in [4.69, 9.17) is 13.6 Å². The van der Waals surface area contributed by atoms with Gasteiger partial charge < -0.3 is 0 Å². The summed E-state index contributed by atoms with van der Waals surface area (Å²) in [6.07, 6.45) is 0. The van der Waals surface area contributed by atoms with Crippen molar-refractivity contribution in [2.75, 3.05) is 25.6 Å². The van der Waals surface area contributed by atoms with Crippen molar-refractivity contribution in [2.45, 2.75) is 13.8 Å². The molecule has 0 aliphatic carbocycles. The van der Waals surface area contributed by atoms with Crippen molar-refractivity contribution >= 4 is 24.7 Å². The lowest BCUT2D eigenvalue weighted by atomic mass is 9.93. The molecule has 0 unspecified atom stereocenters. The molecule has 0 spiro atoms. The highest BCUT2D eigenvalue weighted by molar-refractivity contribution is 8.13. The number of phosphoric acid groups is 1. The van der Waals surface area contributed by atoms with Crippen LogP contribution in [0.2, 0.25) is 0 Å². The maximum absolute atomic E-state index is 12.0. The summed E-state index contributed by atoms with van der Waals surface area (Å²) in [6, 6.07) is 0. The Labute approximate surface area is 98.8 Å². The number of fused-ring (bicyclic) bond motifs is 3. The molecule has 0 amide bonds. The van der Waals surface area contributed by atoms with E-state index >= 15 is 0 Å². The fourth-order valence-electron chi connectivity index (χ4n) is 1.42. The molecule has 3 saturated heterocycles. The molecule has 0 radical (unpaired) electrons. The second-order valence-electron chi connectivity index (χ2n) is 4.54. The first-order valence-electron chi connectivity index (χ1n) is 5.17. The largest absolute Gasteiger partial charge is 0.474 e. The van der Waals surface area contributed by atoms with E-state index in [9.17, 15) is 9.36 Å².